The third-order valence-corrected chi connectivity index (χ3v) is 1.54. The predicted octanol–water partition coefficient (Wildman–Crippen LogP) is -2.20. The minimum Gasteiger partial charge on any atom is -0.394 e. The maximum absolute atomic E-state index is 8.43. The number of aliphatic hydroxyl groups excluding tert-OH is 4. The number of halogens is 2. The molecule has 0 bridgehead atoms. The minimum atomic E-state index is -2.60. The molecule has 0 aromatic carbocycles. The molecule has 1 atom stereocenters. The molecule has 0 aliphatic heterocycles. The van der Waals surface area contributed by atoms with Crippen LogP contribution >= 0.6 is 23.2 Å². The van der Waals surface area contributed by atoms with Gasteiger partial charge in [0.2, 0.25) is 0 Å². The Morgan fingerprint density at radius 2 is 1.43 bits per heavy atom. The van der Waals surface area contributed by atoms with E-state index in [4.69, 9.17) is 53.8 Å². The molecule has 0 aliphatic rings. The van der Waals surface area contributed by atoms with E-state index in [9.17, 15) is 0 Å². The maximum Gasteiger partial charge on any atom is 0.271 e. The number of hydrogen-bond donors (Lipinski definition) is 6. The minimum absolute atomic E-state index is 0.309. The number of rotatable bonds is 4. The van der Waals surface area contributed by atoms with Gasteiger partial charge in [-0.3, -0.25) is 0 Å². The lowest BCUT2D eigenvalue weighted by Crippen LogP contribution is -2.37. The van der Waals surface area contributed by atoms with Crippen LogP contribution in [0.4, 0.5) is 0 Å². The van der Waals surface area contributed by atoms with Gasteiger partial charge in [0, 0.05) is 0 Å². The van der Waals surface area contributed by atoms with Crippen molar-refractivity contribution in [1.82, 2.24) is 0 Å². The smallest absolute Gasteiger partial charge is 0.271 e. The van der Waals surface area contributed by atoms with Crippen LogP contribution in [0, 0.1) is 0 Å². The summed E-state index contributed by atoms with van der Waals surface area (Å²) in [6.07, 6.45) is -2.46. The van der Waals surface area contributed by atoms with Crippen LogP contribution in [0.5, 0.6) is 0 Å². The SMILES string of the molecule is OC(CCl)C(O)(O)Cl.OCC(O)CO. The van der Waals surface area contributed by atoms with Crippen molar-refractivity contribution in [2.24, 2.45) is 0 Å². The van der Waals surface area contributed by atoms with Crippen LogP contribution in [0.2, 0.25) is 0 Å². The molecule has 0 rings (SSSR count). The molecular weight excluding hydrogens is 239 g/mol. The van der Waals surface area contributed by atoms with Gasteiger partial charge < -0.3 is 30.6 Å². The first kappa shape index (κ1) is 16.8. The van der Waals surface area contributed by atoms with E-state index in [2.05, 4.69) is 0 Å². The zero-order valence-corrected chi connectivity index (χ0v) is 8.73. The highest BCUT2D eigenvalue weighted by atomic mass is 35.5. The number of hydrogen-bond acceptors (Lipinski definition) is 6. The monoisotopic (exact) mass is 252 g/mol. The van der Waals surface area contributed by atoms with Gasteiger partial charge >= 0.3 is 0 Å². The Bertz CT molecular complexity index is 124. The molecule has 1 unspecified atom stereocenters. The molecule has 6 nitrogen and oxygen atoms in total. The highest BCUT2D eigenvalue weighted by Crippen LogP contribution is 2.12. The normalized spacial score (nSPS) is 13.5. The van der Waals surface area contributed by atoms with Gasteiger partial charge in [-0.1, -0.05) is 11.6 Å². The molecule has 0 saturated heterocycles. The molecule has 0 heterocycles. The number of aliphatic hydroxyl groups is 6. The van der Waals surface area contributed by atoms with Crippen LogP contribution in [0.1, 0.15) is 0 Å². The quantitative estimate of drug-likeness (QED) is 0.250. The topological polar surface area (TPSA) is 121 Å². The Labute approximate surface area is 90.9 Å². The van der Waals surface area contributed by atoms with Crippen molar-refractivity contribution < 1.29 is 30.6 Å². The second kappa shape index (κ2) is 8.63. The summed E-state index contributed by atoms with van der Waals surface area (Å²) < 4.78 is 0. The fourth-order valence-corrected chi connectivity index (χ4v) is 0.527. The van der Waals surface area contributed by atoms with Gasteiger partial charge in [0.1, 0.15) is 12.2 Å². The van der Waals surface area contributed by atoms with Crippen molar-refractivity contribution in [3.05, 3.63) is 0 Å². The van der Waals surface area contributed by atoms with Crippen LogP contribution in [-0.4, -0.2) is 67.2 Å². The van der Waals surface area contributed by atoms with Gasteiger partial charge in [-0.2, -0.15) is 0 Å². The Morgan fingerprint density at radius 3 is 1.43 bits per heavy atom. The summed E-state index contributed by atoms with van der Waals surface area (Å²) in [6.45, 7) is -0.729. The van der Waals surface area contributed by atoms with E-state index in [1.807, 2.05) is 0 Å². The van der Waals surface area contributed by atoms with Crippen molar-refractivity contribution in [2.75, 3.05) is 19.1 Å². The van der Waals surface area contributed by atoms with Crippen LogP contribution in [0.15, 0.2) is 0 Å². The fraction of sp³-hybridized carbons (Fsp3) is 1.00. The zero-order chi connectivity index (χ0) is 11.8. The summed E-state index contributed by atoms with van der Waals surface area (Å²) in [5, 5.41) is 46.4. The van der Waals surface area contributed by atoms with Crippen LogP contribution in [-0.2, 0) is 0 Å². The average molecular weight is 253 g/mol. The third kappa shape index (κ3) is 10.4. The Morgan fingerprint density at radius 1 is 1.07 bits per heavy atom. The number of alkyl halides is 2. The predicted molar refractivity (Wildman–Crippen MR) is 49.9 cm³/mol. The van der Waals surface area contributed by atoms with E-state index in [1.165, 1.54) is 0 Å². The molecule has 14 heavy (non-hydrogen) atoms. The Hall–Kier alpha value is 0.340. The summed E-state index contributed by atoms with van der Waals surface area (Å²) in [6, 6.07) is 0. The third-order valence-electron chi connectivity index (χ3n) is 0.992. The lowest BCUT2D eigenvalue weighted by Gasteiger charge is -2.16. The molecule has 0 aromatic rings. The molecule has 8 heteroatoms. The molecule has 0 amide bonds. The first-order chi connectivity index (χ1) is 6.29. The first-order valence-electron chi connectivity index (χ1n) is 3.57. The van der Waals surface area contributed by atoms with Crippen molar-refractivity contribution >= 4 is 23.2 Å². The Kier molecular flexibility index (Phi) is 10.3. The lowest BCUT2D eigenvalue weighted by molar-refractivity contribution is -0.152. The molecule has 0 aromatic heterocycles. The van der Waals surface area contributed by atoms with Crippen molar-refractivity contribution in [3.8, 4) is 0 Å². The summed E-state index contributed by atoms with van der Waals surface area (Å²) in [4.78, 5) is 0. The van der Waals surface area contributed by atoms with E-state index in [0.717, 1.165) is 0 Å². The molecule has 0 saturated carbocycles. The summed E-state index contributed by atoms with van der Waals surface area (Å²) >= 11 is 9.74. The van der Waals surface area contributed by atoms with E-state index in [-0.39, 0.29) is 19.1 Å². The molecule has 0 radical (unpaired) electrons. The van der Waals surface area contributed by atoms with Crippen molar-refractivity contribution in [3.63, 3.8) is 0 Å². The second-order valence-corrected chi connectivity index (χ2v) is 3.19. The van der Waals surface area contributed by atoms with Gasteiger partial charge in [0.05, 0.1) is 19.1 Å². The van der Waals surface area contributed by atoms with Gasteiger partial charge in [0.15, 0.2) is 0 Å². The fourth-order valence-electron chi connectivity index (χ4n) is 0.156. The maximum atomic E-state index is 8.43. The van der Waals surface area contributed by atoms with Crippen molar-refractivity contribution in [1.29, 1.82) is 0 Å². The lowest BCUT2D eigenvalue weighted by atomic mass is 10.4. The molecule has 0 spiro atoms. The molecule has 88 valence electrons. The summed E-state index contributed by atoms with van der Waals surface area (Å²) in [7, 11) is 0. The Balaban J connectivity index is 0. The van der Waals surface area contributed by atoms with E-state index >= 15 is 0 Å². The largest absolute Gasteiger partial charge is 0.394 e. The zero-order valence-electron chi connectivity index (χ0n) is 7.22. The van der Waals surface area contributed by atoms with Crippen LogP contribution in [0.3, 0.4) is 0 Å². The van der Waals surface area contributed by atoms with Crippen molar-refractivity contribution in [2.45, 2.75) is 17.5 Å². The second-order valence-electron chi connectivity index (χ2n) is 2.33. The molecule has 6 N–H and O–H groups in total. The van der Waals surface area contributed by atoms with E-state index < -0.39 is 17.5 Å². The van der Waals surface area contributed by atoms with Crippen LogP contribution in [0.25, 0.3) is 0 Å². The van der Waals surface area contributed by atoms with Crippen LogP contribution < -0.4 is 0 Å². The van der Waals surface area contributed by atoms with Gasteiger partial charge in [-0.15, -0.1) is 11.6 Å². The molecule has 0 fully saturated rings. The molecule has 0 aliphatic carbocycles. The average Bonchev–Trinajstić information content (AvgIpc) is 2.14. The van der Waals surface area contributed by atoms with Gasteiger partial charge in [0.25, 0.3) is 5.25 Å². The summed E-state index contributed by atoms with van der Waals surface area (Å²) in [5.74, 6) is -0.309. The first-order valence-corrected chi connectivity index (χ1v) is 4.48. The van der Waals surface area contributed by atoms with E-state index in [1.54, 1.807) is 0 Å². The summed E-state index contributed by atoms with van der Waals surface area (Å²) in [5.41, 5.74) is 0. The molecular formula is C6H14Cl2O6. The standard InChI is InChI=1S/C3H6Cl2O3.C3H8O3/c4-1-2(6)3(5,7)8;4-1-3(6)2-5/h2,6-8H,1H2;3-6H,1-2H2. The highest BCUT2D eigenvalue weighted by Gasteiger charge is 2.28. The van der Waals surface area contributed by atoms with E-state index in [0.29, 0.717) is 0 Å². The highest BCUT2D eigenvalue weighted by molar-refractivity contribution is 6.23. The van der Waals surface area contributed by atoms with Gasteiger partial charge in [-0.05, 0) is 0 Å². The van der Waals surface area contributed by atoms with Gasteiger partial charge in [-0.25, -0.2) is 0 Å².